The Morgan fingerprint density at radius 1 is 1.59 bits per heavy atom. The number of hydrogen-bond donors (Lipinski definition) is 1. The van der Waals surface area contributed by atoms with Gasteiger partial charge in [0.15, 0.2) is 0 Å². The summed E-state index contributed by atoms with van der Waals surface area (Å²) in [4.78, 5) is 13.4. The van der Waals surface area contributed by atoms with Gasteiger partial charge >= 0.3 is 0 Å². The molecule has 96 valence electrons. The summed E-state index contributed by atoms with van der Waals surface area (Å²) in [5.41, 5.74) is 0. The maximum atomic E-state index is 11.8. The monoisotopic (exact) mass is 257 g/mol. The first kappa shape index (κ1) is 14.1. The summed E-state index contributed by atoms with van der Waals surface area (Å²) in [6.45, 7) is 4.12. The molecule has 0 bridgehead atoms. The molecule has 0 unspecified atom stereocenters. The van der Waals surface area contributed by atoms with Gasteiger partial charge in [0.2, 0.25) is 5.91 Å². The fourth-order valence-corrected chi connectivity index (χ4v) is 2.08. The molecule has 0 saturated heterocycles. The van der Waals surface area contributed by atoms with Crippen molar-refractivity contribution in [3.63, 3.8) is 0 Å². The van der Waals surface area contributed by atoms with Crippen LogP contribution in [-0.4, -0.2) is 40.1 Å². The topological polar surface area (TPSA) is 53.7 Å². The molecule has 1 amide bonds. The molecule has 1 rings (SSSR count). The fourth-order valence-electron chi connectivity index (χ4n) is 1.18. The van der Waals surface area contributed by atoms with Crippen molar-refractivity contribution in [2.24, 2.45) is 0 Å². The molecule has 1 N–H and O–H groups in total. The van der Waals surface area contributed by atoms with Crippen LogP contribution in [0.4, 0.5) is 0 Å². The van der Waals surface area contributed by atoms with Gasteiger partial charge in [0.25, 0.3) is 0 Å². The van der Waals surface area contributed by atoms with Gasteiger partial charge in [-0.25, -0.2) is 0 Å². The highest BCUT2D eigenvalue weighted by Gasteiger charge is 2.15. The van der Waals surface area contributed by atoms with E-state index in [0.717, 1.165) is 5.76 Å². The van der Waals surface area contributed by atoms with Crippen molar-refractivity contribution in [1.29, 1.82) is 0 Å². The normalized spacial score (nSPS) is 14.4. The van der Waals surface area contributed by atoms with Crippen molar-refractivity contribution in [2.45, 2.75) is 31.7 Å². The van der Waals surface area contributed by atoms with Crippen LogP contribution >= 0.6 is 11.8 Å². The first-order valence-electron chi connectivity index (χ1n) is 5.56. The van der Waals surface area contributed by atoms with Crippen LogP contribution in [0.5, 0.6) is 0 Å². The van der Waals surface area contributed by atoms with Gasteiger partial charge < -0.3 is 14.4 Å². The predicted molar refractivity (Wildman–Crippen MR) is 68.8 cm³/mol. The van der Waals surface area contributed by atoms with Crippen LogP contribution in [0, 0.1) is 0 Å². The van der Waals surface area contributed by atoms with Crippen LogP contribution in [0.3, 0.4) is 0 Å². The Hall–Kier alpha value is -0.940. The molecule has 1 aromatic heterocycles. The third kappa shape index (κ3) is 4.83. The number of nitrogens with zero attached hydrogens (tertiary/aromatic N) is 1. The van der Waals surface area contributed by atoms with Crippen molar-refractivity contribution in [1.82, 2.24) is 4.90 Å². The number of thioether (sulfide) groups is 1. The van der Waals surface area contributed by atoms with E-state index in [1.165, 1.54) is 11.8 Å². The van der Waals surface area contributed by atoms with Crippen molar-refractivity contribution in [3.8, 4) is 0 Å². The van der Waals surface area contributed by atoms with E-state index in [-0.39, 0.29) is 11.2 Å². The second-order valence-electron chi connectivity index (χ2n) is 4.09. The molecule has 4 nitrogen and oxygen atoms in total. The second kappa shape index (κ2) is 6.71. The van der Waals surface area contributed by atoms with Gasteiger partial charge in [-0.05, 0) is 19.1 Å². The van der Waals surface area contributed by atoms with E-state index in [0.29, 0.717) is 12.3 Å². The first-order valence-corrected chi connectivity index (χ1v) is 6.61. The molecule has 0 saturated carbocycles. The molecular weight excluding hydrogens is 238 g/mol. The van der Waals surface area contributed by atoms with Crippen LogP contribution in [0.25, 0.3) is 0 Å². The lowest BCUT2D eigenvalue weighted by molar-refractivity contribution is -0.127. The summed E-state index contributed by atoms with van der Waals surface area (Å²) in [5.74, 6) is 1.19. The van der Waals surface area contributed by atoms with E-state index in [9.17, 15) is 9.90 Å². The maximum absolute atomic E-state index is 11.8. The van der Waals surface area contributed by atoms with E-state index >= 15 is 0 Å². The lowest BCUT2D eigenvalue weighted by atomic mass is 10.3. The van der Waals surface area contributed by atoms with E-state index in [1.54, 1.807) is 31.2 Å². The summed E-state index contributed by atoms with van der Waals surface area (Å²) < 4.78 is 5.18. The average molecular weight is 257 g/mol. The number of amides is 1. The highest BCUT2D eigenvalue weighted by atomic mass is 32.2. The smallest absolute Gasteiger partial charge is 0.232 e. The molecule has 1 aromatic rings. The minimum absolute atomic E-state index is 0.0406. The van der Waals surface area contributed by atoms with Crippen LogP contribution in [-0.2, 0) is 11.3 Å². The Morgan fingerprint density at radius 3 is 2.82 bits per heavy atom. The summed E-state index contributed by atoms with van der Waals surface area (Å²) in [7, 11) is 1.75. The standard InChI is InChI=1S/C12H19NO3S/c1-9(14)10(2)17-8-12(15)13(3)7-11-5-4-6-16-11/h4-6,9-10,14H,7-8H2,1-3H3/t9-,10-/m1/s1. The van der Waals surface area contributed by atoms with Gasteiger partial charge in [0, 0.05) is 12.3 Å². The van der Waals surface area contributed by atoms with Crippen LogP contribution < -0.4 is 0 Å². The van der Waals surface area contributed by atoms with Gasteiger partial charge in [-0.15, -0.1) is 11.8 Å². The Labute approximate surface area is 106 Å². The van der Waals surface area contributed by atoms with E-state index in [4.69, 9.17) is 4.42 Å². The minimum atomic E-state index is -0.400. The quantitative estimate of drug-likeness (QED) is 0.843. The van der Waals surface area contributed by atoms with Gasteiger partial charge in [-0.1, -0.05) is 6.92 Å². The van der Waals surface area contributed by atoms with E-state index in [1.807, 2.05) is 13.0 Å². The highest BCUT2D eigenvalue weighted by Crippen LogP contribution is 2.15. The van der Waals surface area contributed by atoms with Gasteiger partial charge in [-0.3, -0.25) is 4.79 Å². The number of aliphatic hydroxyl groups is 1. The predicted octanol–water partition coefficient (Wildman–Crippen LogP) is 1.74. The largest absolute Gasteiger partial charge is 0.467 e. The molecule has 0 aromatic carbocycles. The number of rotatable bonds is 6. The fraction of sp³-hybridized carbons (Fsp3) is 0.583. The van der Waals surface area contributed by atoms with Crippen molar-refractivity contribution < 1.29 is 14.3 Å². The number of carbonyl (C=O) groups is 1. The number of aliphatic hydroxyl groups excluding tert-OH is 1. The highest BCUT2D eigenvalue weighted by molar-refractivity contribution is 8.00. The average Bonchev–Trinajstić information content (AvgIpc) is 2.77. The molecule has 0 aliphatic heterocycles. The zero-order valence-electron chi connectivity index (χ0n) is 10.4. The second-order valence-corrected chi connectivity index (χ2v) is 5.45. The zero-order chi connectivity index (χ0) is 12.8. The lowest BCUT2D eigenvalue weighted by Gasteiger charge is -2.18. The molecule has 2 atom stereocenters. The molecule has 17 heavy (non-hydrogen) atoms. The maximum Gasteiger partial charge on any atom is 0.232 e. The summed E-state index contributed by atoms with van der Waals surface area (Å²) in [6.07, 6.45) is 1.20. The van der Waals surface area contributed by atoms with Crippen LogP contribution in [0.1, 0.15) is 19.6 Å². The van der Waals surface area contributed by atoms with Crippen LogP contribution in [0.15, 0.2) is 22.8 Å². The van der Waals surface area contributed by atoms with Crippen molar-refractivity contribution in [3.05, 3.63) is 24.2 Å². The molecule has 0 aliphatic carbocycles. The van der Waals surface area contributed by atoms with Gasteiger partial charge in [0.05, 0.1) is 24.7 Å². The summed E-state index contributed by atoms with van der Waals surface area (Å²) >= 11 is 1.46. The zero-order valence-corrected chi connectivity index (χ0v) is 11.2. The number of hydrogen-bond acceptors (Lipinski definition) is 4. The van der Waals surface area contributed by atoms with Crippen LogP contribution in [0.2, 0.25) is 0 Å². The summed E-state index contributed by atoms with van der Waals surface area (Å²) in [6, 6.07) is 3.65. The van der Waals surface area contributed by atoms with E-state index < -0.39 is 6.10 Å². The summed E-state index contributed by atoms with van der Waals surface area (Å²) in [5, 5.41) is 9.38. The number of carbonyl (C=O) groups excluding carboxylic acids is 1. The Balaban J connectivity index is 2.32. The number of furan rings is 1. The Morgan fingerprint density at radius 2 is 2.29 bits per heavy atom. The molecule has 5 heteroatoms. The third-order valence-corrected chi connectivity index (χ3v) is 3.88. The van der Waals surface area contributed by atoms with Crippen molar-refractivity contribution >= 4 is 17.7 Å². The van der Waals surface area contributed by atoms with E-state index in [2.05, 4.69) is 0 Å². The molecule has 0 fully saturated rings. The lowest BCUT2D eigenvalue weighted by Crippen LogP contribution is -2.29. The van der Waals surface area contributed by atoms with Crippen molar-refractivity contribution in [2.75, 3.05) is 12.8 Å². The Kier molecular flexibility index (Phi) is 5.58. The van der Waals surface area contributed by atoms with Gasteiger partial charge in [-0.2, -0.15) is 0 Å². The van der Waals surface area contributed by atoms with Gasteiger partial charge in [0.1, 0.15) is 5.76 Å². The first-order chi connectivity index (χ1) is 8.00. The molecule has 0 radical (unpaired) electrons. The molecular formula is C12H19NO3S. The third-order valence-electron chi connectivity index (χ3n) is 2.55. The molecule has 1 heterocycles. The SMILES string of the molecule is C[C@@H](O)[C@@H](C)SCC(=O)N(C)Cc1ccco1. The molecule has 0 aliphatic rings. The Bertz CT molecular complexity index is 338. The molecule has 0 spiro atoms. The minimum Gasteiger partial charge on any atom is -0.467 e.